The van der Waals surface area contributed by atoms with E-state index in [4.69, 9.17) is 16.3 Å². The van der Waals surface area contributed by atoms with Crippen LogP contribution in [0.3, 0.4) is 0 Å². The molecule has 0 aliphatic carbocycles. The molecule has 0 amide bonds. The van der Waals surface area contributed by atoms with Crippen molar-refractivity contribution in [1.82, 2.24) is 4.98 Å². The molecule has 0 saturated heterocycles. The van der Waals surface area contributed by atoms with Crippen molar-refractivity contribution in [2.45, 2.75) is 6.92 Å². The highest BCUT2D eigenvalue weighted by Crippen LogP contribution is 2.30. The fraction of sp³-hybridized carbons (Fsp3) is 0.182. The van der Waals surface area contributed by atoms with Gasteiger partial charge in [-0.15, -0.1) is 11.3 Å². The van der Waals surface area contributed by atoms with Crippen LogP contribution >= 0.6 is 22.9 Å². The maximum absolute atomic E-state index is 5.80. The molecule has 15 heavy (non-hydrogen) atoms. The monoisotopic (exact) mass is 239 g/mol. The Labute approximate surface area is 97.5 Å². The number of hydrogen-bond donors (Lipinski definition) is 0. The fourth-order valence-corrected chi connectivity index (χ4v) is 2.42. The van der Waals surface area contributed by atoms with Crippen molar-refractivity contribution in [2.75, 3.05) is 7.11 Å². The molecule has 4 heteroatoms. The second-order valence-electron chi connectivity index (χ2n) is 3.16. The Morgan fingerprint density at radius 3 is 2.73 bits per heavy atom. The number of aromatic nitrogens is 1. The highest BCUT2D eigenvalue weighted by Gasteiger charge is 2.07. The lowest BCUT2D eigenvalue weighted by Crippen LogP contribution is -1.86. The Hall–Kier alpha value is -1.06. The van der Waals surface area contributed by atoms with Gasteiger partial charge >= 0.3 is 0 Å². The van der Waals surface area contributed by atoms with E-state index in [1.165, 1.54) is 0 Å². The molecule has 0 aliphatic heterocycles. The smallest absolute Gasteiger partial charge is 0.140 e. The minimum absolute atomic E-state index is 0.546. The number of nitrogens with zero attached hydrogens (tertiary/aromatic N) is 1. The topological polar surface area (TPSA) is 22.1 Å². The molecule has 78 valence electrons. The predicted octanol–water partition coefficient (Wildman–Crippen LogP) is 3.78. The first-order valence-corrected chi connectivity index (χ1v) is 5.72. The molecule has 0 fully saturated rings. The summed E-state index contributed by atoms with van der Waals surface area (Å²) in [4.78, 5) is 4.24. The van der Waals surface area contributed by atoms with Gasteiger partial charge in [-0.3, -0.25) is 0 Å². The Balaban J connectivity index is 2.45. The van der Waals surface area contributed by atoms with E-state index in [1.807, 2.05) is 30.5 Å². The van der Waals surface area contributed by atoms with Crippen LogP contribution in [0.2, 0.25) is 5.15 Å². The number of aryl methyl sites for hydroxylation is 1. The van der Waals surface area contributed by atoms with Gasteiger partial charge in [0.25, 0.3) is 0 Å². The lowest BCUT2D eigenvalue weighted by Gasteiger charge is -2.04. The first-order valence-electron chi connectivity index (χ1n) is 4.47. The predicted molar refractivity (Wildman–Crippen MR) is 63.8 cm³/mol. The number of methoxy groups -OCH3 is 1. The van der Waals surface area contributed by atoms with Gasteiger partial charge in [0, 0.05) is 10.9 Å². The largest absolute Gasteiger partial charge is 0.497 e. The summed E-state index contributed by atoms with van der Waals surface area (Å²) < 4.78 is 5.15. The van der Waals surface area contributed by atoms with E-state index < -0.39 is 0 Å². The van der Waals surface area contributed by atoms with Crippen molar-refractivity contribution in [3.63, 3.8) is 0 Å². The van der Waals surface area contributed by atoms with Gasteiger partial charge in [-0.05, 0) is 30.7 Å². The van der Waals surface area contributed by atoms with Crippen LogP contribution in [0.15, 0.2) is 23.6 Å². The van der Waals surface area contributed by atoms with Crippen molar-refractivity contribution >= 4 is 22.9 Å². The zero-order chi connectivity index (χ0) is 10.8. The number of hydrogen-bond acceptors (Lipinski definition) is 3. The highest BCUT2D eigenvalue weighted by atomic mass is 35.5. The molecule has 0 bridgehead atoms. The van der Waals surface area contributed by atoms with Gasteiger partial charge in [-0.2, -0.15) is 0 Å². The number of ether oxygens (including phenoxy) is 1. The third kappa shape index (κ3) is 2.13. The molecule has 0 saturated carbocycles. The third-order valence-corrected chi connectivity index (χ3v) is 3.34. The summed E-state index contributed by atoms with van der Waals surface area (Å²) in [5.74, 6) is 0.860. The second-order valence-corrected chi connectivity index (χ2v) is 4.40. The number of benzene rings is 1. The van der Waals surface area contributed by atoms with E-state index in [0.29, 0.717) is 5.15 Å². The quantitative estimate of drug-likeness (QED) is 0.796. The van der Waals surface area contributed by atoms with Crippen molar-refractivity contribution in [3.05, 3.63) is 34.3 Å². The van der Waals surface area contributed by atoms with E-state index in [9.17, 15) is 0 Å². The van der Waals surface area contributed by atoms with Gasteiger partial charge in [0.15, 0.2) is 0 Å². The average Bonchev–Trinajstić information content (AvgIpc) is 2.64. The molecule has 0 N–H and O–H groups in total. The summed E-state index contributed by atoms with van der Waals surface area (Å²) >= 11 is 7.34. The van der Waals surface area contributed by atoms with Crippen molar-refractivity contribution in [3.8, 4) is 16.3 Å². The fourth-order valence-electron chi connectivity index (χ4n) is 1.38. The lowest BCUT2D eigenvalue weighted by molar-refractivity contribution is 0.414. The molecule has 2 aromatic rings. The number of rotatable bonds is 2. The molecule has 0 atom stereocenters. The van der Waals surface area contributed by atoms with Gasteiger partial charge < -0.3 is 4.74 Å². The van der Waals surface area contributed by atoms with Crippen LogP contribution in [0.25, 0.3) is 10.6 Å². The van der Waals surface area contributed by atoms with Gasteiger partial charge in [0.1, 0.15) is 15.9 Å². The Morgan fingerprint density at radius 2 is 2.20 bits per heavy atom. The molecule has 1 aromatic heterocycles. The van der Waals surface area contributed by atoms with Crippen LogP contribution in [0.5, 0.6) is 5.75 Å². The third-order valence-electron chi connectivity index (χ3n) is 2.14. The summed E-state index contributed by atoms with van der Waals surface area (Å²) in [7, 11) is 1.66. The molecule has 0 unspecified atom stereocenters. The zero-order valence-corrected chi connectivity index (χ0v) is 10.0. The van der Waals surface area contributed by atoms with Crippen LogP contribution in [-0.2, 0) is 0 Å². The van der Waals surface area contributed by atoms with Crippen LogP contribution < -0.4 is 4.74 Å². The minimum atomic E-state index is 0.546. The highest BCUT2D eigenvalue weighted by molar-refractivity contribution is 7.13. The molecule has 2 nitrogen and oxygen atoms in total. The maximum Gasteiger partial charge on any atom is 0.140 e. The van der Waals surface area contributed by atoms with E-state index >= 15 is 0 Å². The second kappa shape index (κ2) is 4.21. The van der Waals surface area contributed by atoms with E-state index in [0.717, 1.165) is 21.9 Å². The molecule has 1 heterocycles. The minimum Gasteiger partial charge on any atom is -0.497 e. The van der Waals surface area contributed by atoms with Gasteiger partial charge in [-0.1, -0.05) is 11.6 Å². The Kier molecular flexibility index (Phi) is 2.93. The lowest BCUT2D eigenvalue weighted by atomic mass is 10.1. The van der Waals surface area contributed by atoms with Crippen molar-refractivity contribution < 1.29 is 4.74 Å². The summed E-state index contributed by atoms with van der Waals surface area (Å²) in [5.41, 5.74) is 2.24. The summed E-state index contributed by atoms with van der Waals surface area (Å²) in [6, 6.07) is 5.92. The first kappa shape index (κ1) is 10.5. The molecule has 1 aromatic carbocycles. The Bertz CT molecular complexity index is 481. The number of halogens is 1. The van der Waals surface area contributed by atoms with Crippen molar-refractivity contribution in [1.29, 1.82) is 0 Å². The van der Waals surface area contributed by atoms with E-state index in [-0.39, 0.29) is 0 Å². The molecular weight excluding hydrogens is 230 g/mol. The van der Waals surface area contributed by atoms with Crippen LogP contribution in [0, 0.1) is 6.92 Å². The molecule has 0 spiro atoms. The SMILES string of the molecule is COc1ccc(-c2nc(Cl)cs2)c(C)c1. The zero-order valence-electron chi connectivity index (χ0n) is 8.45. The normalized spacial score (nSPS) is 10.3. The standard InChI is InChI=1S/C11H10ClNOS/c1-7-5-8(14-2)3-4-9(7)11-13-10(12)6-15-11/h3-6H,1-2H3. The maximum atomic E-state index is 5.80. The number of thiazole rings is 1. The molecule has 0 radical (unpaired) electrons. The summed E-state index contributed by atoms with van der Waals surface area (Å²) in [6.45, 7) is 2.03. The average molecular weight is 240 g/mol. The Morgan fingerprint density at radius 1 is 1.40 bits per heavy atom. The molecule has 0 aliphatic rings. The van der Waals surface area contributed by atoms with Crippen LogP contribution in [-0.4, -0.2) is 12.1 Å². The van der Waals surface area contributed by atoms with Crippen LogP contribution in [0.4, 0.5) is 0 Å². The molecule has 2 rings (SSSR count). The van der Waals surface area contributed by atoms with Gasteiger partial charge in [0.05, 0.1) is 7.11 Å². The molecular formula is C11H10ClNOS. The van der Waals surface area contributed by atoms with E-state index in [2.05, 4.69) is 4.98 Å². The van der Waals surface area contributed by atoms with Crippen molar-refractivity contribution in [2.24, 2.45) is 0 Å². The van der Waals surface area contributed by atoms with Gasteiger partial charge in [0.2, 0.25) is 0 Å². The first-order chi connectivity index (χ1) is 7.20. The summed E-state index contributed by atoms with van der Waals surface area (Å²) in [6.07, 6.45) is 0. The summed E-state index contributed by atoms with van der Waals surface area (Å²) in [5, 5.41) is 3.32. The van der Waals surface area contributed by atoms with Gasteiger partial charge in [-0.25, -0.2) is 4.98 Å². The van der Waals surface area contributed by atoms with E-state index in [1.54, 1.807) is 18.4 Å². The van der Waals surface area contributed by atoms with Crippen LogP contribution in [0.1, 0.15) is 5.56 Å².